The minimum atomic E-state index is -1.07. The lowest BCUT2D eigenvalue weighted by Crippen LogP contribution is -2.63. The summed E-state index contributed by atoms with van der Waals surface area (Å²) in [5.41, 5.74) is 1.10. The fourth-order valence-electron chi connectivity index (χ4n) is 4.52. The molecule has 152 valence electrons. The molecule has 0 saturated carbocycles. The molecule has 5 rings (SSSR count). The number of carboxylic acids is 1. The maximum Gasteiger partial charge on any atom is 0.353 e. The van der Waals surface area contributed by atoms with Gasteiger partial charge in [0, 0.05) is 29.2 Å². The van der Waals surface area contributed by atoms with E-state index in [-0.39, 0.29) is 28.8 Å². The molecule has 0 unspecified atom stereocenters. The number of carbonyl (C=O) groups is 2. The molecule has 4 heterocycles. The quantitative estimate of drug-likeness (QED) is 0.702. The number of nitrogens with zero attached hydrogens (tertiary/aromatic N) is 3. The summed E-state index contributed by atoms with van der Waals surface area (Å²) in [5.74, 6) is -1.95. The average molecular weight is 432 g/mol. The van der Waals surface area contributed by atoms with Gasteiger partial charge >= 0.3 is 5.97 Å². The highest BCUT2D eigenvalue weighted by Gasteiger charge is 2.60. The van der Waals surface area contributed by atoms with E-state index >= 15 is 0 Å². The number of carbonyl (C=O) groups excluding carboxylic acids is 1. The van der Waals surface area contributed by atoms with Crippen LogP contribution >= 0.6 is 23.1 Å². The van der Waals surface area contributed by atoms with Crippen molar-refractivity contribution in [3.8, 4) is 0 Å². The summed E-state index contributed by atoms with van der Waals surface area (Å²) in [6.45, 7) is 5.15. The molecule has 2 saturated heterocycles. The van der Waals surface area contributed by atoms with Gasteiger partial charge in [-0.05, 0) is 19.1 Å². The van der Waals surface area contributed by atoms with Gasteiger partial charge in [0.1, 0.15) is 5.70 Å². The van der Waals surface area contributed by atoms with Crippen molar-refractivity contribution in [2.45, 2.75) is 31.2 Å². The van der Waals surface area contributed by atoms with E-state index in [4.69, 9.17) is 0 Å². The van der Waals surface area contributed by atoms with Crippen molar-refractivity contribution < 1.29 is 19.8 Å². The topological polar surface area (TPSA) is 94.0 Å². The maximum absolute atomic E-state index is 12.4. The molecule has 9 heteroatoms. The second-order valence-corrected chi connectivity index (χ2v) is 10.2. The number of hydrogen-bond acceptors (Lipinski definition) is 7. The number of thiazole rings is 1. The summed E-state index contributed by atoms with van der Waals surface area (Å²) in [4.78, 5) is 33.4. The molecule has 7 nitrogen and oxygen atoms in total. The standard InChI is InChI=1S/C20H21N3O4S2/c1-9-15-14(10(2)24)18(25)23(15)16(19(26)27)17(9)28-11-7-22(8-11)20-21-12-5-3-4-6-13(12)29-20/h3-6,9-11,14-15,24H,7-8H2,1-2H3,(H,26,27)/t9-,10-,14-,15-/m1/s1. The van der Waals surface area contributed by atoms with Gasteiger partial charge in [-0.15, -0.1) is 11.8 Å². The van der Waals surface area contributed by atoms with Gasteiger partial charge in [0.05, 0.1) is 28.3 Å². The van der Waals surface area contributed by atoms with Crippen LogP contribution in [0.25, 0.3) is 10.2 Å². The summed E-state index contributed by atoms with van der Waals surface area (Å²) < 4.78 is 1.16. The predicted molar refractivity (Wildman–Crippen MR) is 113 cm³/mol. The zero-order valence-electron chi connectivity index (χ0n) is 16.0. The van der Waals surface area contributed by atoms with Gasteiger partial charge in [0.2, 0.25) is 5.91 Å². The Kier molecular flexibility index (Phi) is 4.38. The van der Waals surface area contributed by atoms with Gasteiger partial charge in [-0.3, -0.25) is 4.79 Å². The lowest BCUT2D eigenvalue weighted by molar-refractivity contribution is -0.163. The fourth-order valence-corrected chi connectivity index (χ4v) is 7.03. The Morgan fingerprint density at radius 3 is 2.72 bits per heavy atom. The van der Waals surface area contributed by atoms with E-state index in [2.05, 4.69) is 16.0 Å². The molecule has 1 aromatic heterocycles. The molecule has 2 aromatic rings. The van der Waals surface area contributed by atoms with Crippen molar-refractivity contribution in [1.29, 1.82) is 0 Å². The first-order valence-electron chi connectivity index (χ1n) is 9.62. The van der Waals surface area contributed by atoms with Crippen LogP contribution in [0.1, 0.15) is 13.8 Å². The molecule has 2 N–H and O–H groups in total. The van der Waals surface area contributed by atoms with Gasteiger partial charge in [-0.1, -0.05) is 30.4 Å². The summed E-state index contributed by atoms with van der Waals surface area (Å²) in [7, 11) is 0. The van der Waals surface area contributed by atoms with Crippen molar-refractivity contribution in [3.63, 3.8) is 0 Å². The summed E-state index contributed by atoms with van der Waals surface area (Å²) in [6.07, 6.45) is -0.774. The van der Waals surface area contributed by atoms with Crippen molar-refractivity contribution in [1.82, 2.24) is 9.88 Å². The number of benzene rings is 1. The second kappa shape index (κ2) is 6.72. The highest BCUT2D eigenvalue weighted by Crippen LogP contribution is 2.52. The lowest BCUT2D eigenvalue weighted by Gasteiger charge is -2.46. The van der Waals surface area contributed by atoms with Gasteiger partial charge in [-0.25, -0.2) is 9.78 Å². The minimum absolute atomic E-state index is 0.0834. The van der Waals surface area contributed by atoms with Crippen LogP contribution in [0.2, 0.25) is 0 Å². The van der Waals surface area contributed by atoms with E-state index in [1.54, 1.807) is 30.0 Å². The molecule has 0 aliphatic carbocycles. The number of hydrogen-bond donors (Lipinski definition) is 2. The Morgan fingerprint density at radius 2 is 2.07 bits per heavy atom. The minimum Gasteiger partial charge on any atom is -0.477 e. The number of anilines is 1. The Bertz CT molecular complexity index is 1010. The number of carboxylic acid groups (broad SMARTS) is 1. The molecule has 0 spiro atoms. The molecule has 3 aliphatic heterocycles. The van der Waals surface area contributed by atoms with Crippen LogP contribution in [0.3, 0.4) is 0 Å². The number of para-hydroxylation sites is 1. The third-order valence-electron chi connectivity index (χ3n) is 6.01. The largest absolute Gasteiger partial charge is 0.477 e. The normalized spacial score (nSPS) is 27.8. The Labute approximate surface area is 176 Å². The van der Waals surface area contributed by atoms with Gasteiger partial charge in [0.15, 0.2) is 5.13 Å². The van der Waals surface area contributed by atoms with Crippen LogP contribution in [0, 0.1) is 11.8 Å². The van der Waals surface area contributed by atoms with Crippen LogP contribution in [-0.2, 0) is 9.59 Å². The molecule has 1 amide bonds. The molecule has 2 fully saturated rings. The van der Waals surface area contributed by atoms with Crippen LogP contribution < -0.4 is 4.90 Å². The van der Waals surface area contributed by atoms with Gasteiger partial charge < -0.3 is 20.0 Å². The van der Waals surface area contributed by atoms with Crippen LogP contribution in [0.4, 0.5) is 5.13 Å². The Balaban J connectivity index is 1.32. The SMILES string of the molecule is C[C@@H](O)[C@H]1C(=O)N2C(C(=O)O)=C(SC3CN(c4nc5ccccc5s4)C3)[C@H](C)[C@H]12. The number of aromatic nitrogens is 1. The Hall–Kier alpha value is -2.10. The maximum atomic E-state index is 12.4. The molecule has 1 aromatic carbocycles. The third-order valence-corrected chi connectivity index (χ3v) is 8.55. The number of fused-ring (bicyclic) bond motifs is 2. The fraction of sp³-hybridized carbons (Fsp3) is 0.450. The number of aliphatic carboxylic acids is 1. The predicted octanol–water partition coefficient (Wildman–Crippen LogP) is 2.37. The highest BCUT2D eigenvalue weighted by atomic mass is 32.2. The van der Waals surface area contributed by atoms with E-state index in [0.717, 1.165) is 33.3 Å². The number of rotatable bonds is 5. The van der Waals surface area contributed by atoms with Crippen molar-refractivity contribution in [2.75, 3.05) is 18.0 Å². The number of aliphatic hydroxyl groups excluding tert-OH is 1. The van der Waals surface area contributed by atoms with E-state index in [1.807, 2.05) is 25.1 Å². The smallest absolute Gasteiger partial charge is 0.353 e. The molecular weight excluding hydrogens is 410 g/mol. The molecule has 29 heavy (non-hydrogen) atoms. The van der Waals surface area contributed by atoms with E-state index in [1.165, 1.54) is 4.90 Å². The molecular formula is C20H21N3O4S2. The second-order valence-electron chi connectivity index (χ2n) is 7.88. The number of thioether (sulfide) groups is 1. The molecule has 0 radical (unpaired) electrons. The van der Waals surface area contributed by atoms with Gasteiger partial charge in [-0.2, -0.15) is 0 Å². The number of β-lactam (4-membered cyclic amide) rings is 1. The lowest BCUT2D eigenvalue weighted by atomic mass is 9.79. The number of amides is 1. The average Bonchev–Trinajstić information content (AvgIpc) is 3.15. The third kappa shape index (κ3) is 2.78. The van der Waals surface area contributed by atoms with E-state index in [9.17, 15) is 19.8 Å². The zero-order valence-corrected chi connectivity index (χ0v) is 17.6. The summed E-state index contributed by atoms with van der Waals surface area (Å²) in [6, 6.07) is 7.80. The first-order valence-corrected chi connectivity index (χ1v) is 11.3. The first kappa shape index (κ1) is 18.9. The summed E-state index contributed by atoms with van der Waals surface area (Å²) in [5, 5.41) is 20.9. The molecule has 4 atom stereocenters. The number of aliphatic hydroxyl groups is 1. The van der Waals surface area contributed by atoms with Crippen molar-refractivity contribution >= 4 is 50.3 Å². The van der Waals surface area contributed by atoms with Gasteiger partial charge in [0.25, 0.3) is 0 Å². The summed E-state index contributed by atoms with van der Waals surface area (Å²) >= 11 is 3.23. The van der Waals surface area contributed by atoms with Crippen molar-refractivity contribution in [3.05, 3.63) is 34.9 Å². The highest BCUT2D eigenvalue weighted by molar-refractivity contribution is 8.03. The zero-order chi connectivity index (χ0) is 20.4. The van der Waals surface area contributed by atoms with Crippen LogP contribution in [-0.4, -0.2) is 62.5 Å². The monoisotopic (exact) mass is 431 g/mol. The van der Waals surface area contributed by atoms with Crippen LogP contribution in [0.15, 0.2) is 34.9 Å². The van der Waals surface area contributed by atoms with E-state index in [0.29, 0.717) is 0 Å². The molecule has 0 bridgehead atoms. The van der Waals surface area contributed by atoms with Crippen molar-refractivity contribution in [2.24, 2.45) is 11.8 Å². The first-order chi connectivity index (χ1) is 13.9. The Morgan fingerprint density at radius 1 is 1.34 bits per heavy atom. The van der Waals surface area contributed by atoms with Crippen LogP contribution in [0.5, 0.6) is 0 Å². The molecule has 3 aliphatic rings. The van der Waals surface area contributed by atoms with E-state index < -0.39 is 18.0 Å².